The molecule has 3 heterocycles. The van der Waals surface area contributed by atoms with E-state index in [0.29, 0.717) is 5.82 Å². The van der Waals surface area contributed by atoms with E-state index in [-0.39, 0.29) is 10.8 Å². The third kappa shape index (κ3) is 4.26. The smallest absolute Gasteiger partial charge is 0.216 e. The lowest BCUT2D eigenvalue weighted by Gasteiger charge is -2.22. The number of aromatic nitrogens is 4. The third-order valence-electron chi connectivity index (χ3n) is 7.42. The summed E-state index contributed by atoms with van der Waals surface area (Å²) < 4.78 is 8.82. The van der Waals surface area contributed by atoms with E-state index in [9.17, 15) is 0 Å². The van der Waals surface area contributed by atoms with E-state index in [1.165, 1.54) is 16.5 Å². The van der Waals surface area contributed by atoms with Crippen molar-refractivity contribution in [2.24, 2.45) is 7.05 Å². The van der Waals surface area contributed by atoms with Gasteiger partial charge in [0.25, 0.3) is 0 Å². The van der Waals surface area contributed by atoms with Crippen LogP contribution in [0.3, 0.4) is 0 Å². The number of hydrogen-bond donors (Lipinski definition) is 0. The fourth-order valence-electron chi connectivity index (χ4n) is 5.17. The van der Waals surface area contributed by atoms with E-state index in [2.05, 4.69) is 121 Å². The molecule has 6 rings (SSSR count). The van der Waals surface area contributed by atoms with Gasteiger partial charge in [0.15, 0.2) is 5.82 Å². The van der Waals surface area contributed by atoms with Crippen LogP contribution in [0.25, 0.3) is 55.5 Å². The molecule has 5 nitrogen and oxygen atoms in total. The first-order chi connectivity index (χ1) is 18.4. The van der Waals surface area contributed by atoms with Gasteiger partial charge in [-0.25, -0.2) is 15.0 Å². The molecule has 0 unspecified atom stereocenters. The van der Waals surface area contributed by atoms with Gasteiger partial charge in [-0.2, -0.15) is 4.57 Å². The van der Waals surface area contributed by atoms with Crippen molar-refractivity contribution >= 4 is 32.8 Å². The summed E-state index contributed by atoms with van der Waals surface area (Å²) >= 11 is 0. The molecule has 0 aliphatic heterocycles. The monoisotopic (exact) mass is 515 g/mol. The number of fused-ring (bicyclic) bond motifs is 4. The number of nitrogens with zero attached hydrogens (tertiary/aromatic N) is 4. The summed E-state index contributed by atoms with van der Waals surface area (Å²) in [6.07, 6.45) is 0. The molecule has 196 valence electrons. The van der Waals surface area contributed by atoms with Gasteiger partial charge in [-0.3, -0.25) is 0 Å². The first-order valence-corrected chi connectivity index (χ1v) is 13.5. The number of rotatable bonds is 2. The average Bonchev–Trinajstić information content (AvgIpc) is 3.26. The van der Waals surface area contributed by atoms with Crippen LogP contribution in [0, 0.1) is 6.92 Å². The van der Waals surface area contributed by atoms with Crippen molar-refractivity contribution in [2.45, 2.75) is 59.3 Å². The maximum atomic E-state index is 6.57. The highest BCUT2D eigenvalue weighted by atomic mass is 16.3. The molecule has 0 saturated carbocycles. The molecule has 0 spiro atoms. The second-order valence-corrected chi connectivity index (χ2v) is 12.6. The van der Waals surface area contributed by atoms with E-state index in [4.69, 9.17) is 19.4 Å². The summed E-state index contributed by atoms with van der Waals surface area (Å²) in [5, 5.41) is 3.36. The number of para-hydroxylation sites is 1. The highest BCUT2D eigenvalue weighted by Gasteiger charge is 2.26. The predicted molar refractivity (Wildman–Crippen MR) is 159 cm³/mol. The van der Waals surface area contributed by atoms with E-state index in [0.717, 1.165) is 50.4 Å². The summed E-state index contributed by atoms with van der Waals surface area (Å²) in [5.74, 6) is 2.30. The van der Waals surface area contributed by atoms with Crippen molar-refractivity contribution in [1.82, 2.24) is 15.0 Å². The number of pyridine rings is 1. The van der Waals surface area contributed by atoms with Crippen molar-refractivity contribution in [3.8, 4) is 22.6 Å². The predicted octanol–water partition coefficient (Wildman–Crippen LogP) is 7.99. The van der Waals surface area contributed by atoms with E-state index in [1.807, 2.05) is 6.07 Å². The maximum Gasteiger partial charge on any atom is 0.216 e. The SMILES string of the molecule is Cc1ccc2c(oc3ccc(-c4nc(C(C)(C)C)nc(C(C)(C)C)n4)cc32)c1-c1ccc2ccccc2[n+]1C. The zero-order valence-electron chi connectivity index (χ0n) is 24.0. The Labute approximate surface area is 229 Å². The molecule has 0 fully saturated rings. The Morgan fingerprint density at radius 2 is 1.41 bits per heavy atom. The third-order valence-corrected chi connectivity index (χ3v) is 7.42. The molecule has 3 aromatic carbocycles. The zero-order chi connectivity index (χ0) is 27.7. The Morgan fingerprint density at radius 3 is 2.10 bits per heavy atom. The van der Waals surface area contributed by atoms with Crippen LogP contribution in [-0.2, 0) is 17.9 Å². The Hall–Kier alpha value is -4.12. The molecule has 0 aliphatic rings. The number of benzene rings is 3. The minimum atomic E-state index is -0.189. The second-order valence-electron chi connectivity index (χ2n) is 12.6. The minimum absolute atomic E-state index is 0.189. The van der Waals surface area contributed by atoms with Crippen molar-refractivity contribution in [3.63, 3.8) is 0 Å². The molecule has 0 saturated heterocycles. The molecule has 0 atom stereocenters. The topological polar surface area (TPSA) is 55.7 Å². The van der Waals surface area contributed by atoms with Crippen LogP contribution < -0.4 is 4.57 Å². The molecule has 3 aromatic heterocycles. The molecule has 6 aromatic rings. The molecule has 0 amide bonds. The summed E-state index contributed by atoms with van der Waals surface area (Å²) in [7, 11) is 2.12. The van der Waals surface area contributed by atoms with Gasteiger partial charge in [0, 0.05) is 44.7 Å². The Morgan fingerprint density at radius 1 is 0.718 bits per heavy atom. The highest BCUT2D eigenvalue weighted by molar-refractivity contribution is 6.10. The van der Waals surface area contributed by atoms with Crippen LogP contribution in [0.4, 0.5) is 0 Å². The Bertz CT molecular complexity index is 1870. The normalized spacial score (nSPS) is 12.6. The zero-order valence-corrected chi connectivity index (χ0v) is 24.0. The van der Waals surface area contributed by atoms with Gasteiger partial charge in [-0.15, -0.1) is 0 Å². The number of aryl methyl sites for hydroxylation is 2. The first kappa shape index (κ1) is 25.2. The van der Waals surface area contributed by atoms with Crippen LogP contribution in [-0.4, -0.2) is 15.0 Å². The van der Waals surface area contributed by atoms with Gasteiger partial charge in [-0.1, -0.05) is 65.8 Å². The lowest BCUT2D eigenvalue weighted by atomic mass is 9.93. The van der Waals surface area contributed by atoms with Gasteiger partial charge in [0.05, 0.1) is 5.56 Å². The van der Waals surface area contributed by atoms with Crippen LogP contribution in [0.15, 0.2) is 71.1 Å². The summed E-state index contributed by atoms with van der Waals surface area (Å²) in [6.45, 7) is 15.0. The Kier molecular flexibility index (Phi) is 5.62. The van der Waals surface area contributed by atoms with Crippen LogP contribution >= 0.6 is 0 Å². The number of furan rings is 1. The molecule has 5 heteroatoms. The van der Waals surface area contributed by atoms with Crippen molar-refractivity contribution in [1.29, 1.82) is 0 Å². The van der Waals surface area contributed by atoms with Crippen LogP contribution in [0.1, 0.15) is 58.8 Å². The van der Waals surface area contributed by atoms with Gasteiger partial charge in [0.2, 0.25) is 11.2 Å². The first-order valence-electron chi connectivity index (χ1n) is 13.5. The quantitative estimate of drug-likeness (QED) is 0.219. The van der Waals surface area contributed by atoms with Crippen LogP contribution in [0.2, 0.25) is 0 Å². The van der Waals surface area contributed by atoms with Crippen molar-refractivity contribution in [3.05, 3.63) is 83.9 Å². The molecular weight excluding hydrogens is 480 g/mol. The summed E-state index contributed by atoms with van der Waals surface area (Å²) in [6, 6.07) is 23.5. The standard InChI is InChI=1S/C34H35N4O/c1-20-13-16-23-24-19-22(30-35-31(33(2,3)4)37-32(36-30)34(5,6)7)15-18-27(24)39-29(23)28(20)26-17-14-21-11-9-10-12-25(21)38(26)8/h9-19H,1-8H3/q+1. The van der Waals surface area contributed by atoms with Crippen LogP contribution in [0.5, 0.6) is 0 Å². The maximum absolute atomic E-state index is 6.57. The molecule has 0 radical (unpaired) electrons. The largest absolute Gasteiger partial charge is 0.455 e. The van der Waals surface area contributed by atoms with Gasteiger partial charge >= 0.3 is 0 Å². The number of hydrogen-bond acceptors (Lipinski definition) is 4. The molecule has 39 heavy (non-hydrogen) atoms. The van der Waals surface area contributed by atoms with Crippen molar-refractivity contribution < 1.29 is 8.98 Å². The highest BCUT2D eigenvalue weighted by Crippen LogP contribution is 2.39. The minimum Gasteiger partial charge on any atom is -0.455 e. The molecule has 0 N–H and O–H groups in total. The summed E-state index contributed by atoms with van der Waals surface area (Å²) in [5.41, 5.74) is 6.93. The molecule has 0 bridgehead atoms. The van der Waals surface area contributed by atoms with Gasteiger partial charge in [-0.05, 0) is 42.8 Å². The Balaban J connectivity index is 1.58. The molecule has 0 aliphatic carbocycles. The van der Waals surface area contributed by atoms with E-state index < -0.39 is 0 Å². The lowest BCUT2D eigenvalue weighted by Crippen LogP contribution is -2.32. The van der Waals surface area contributed by atoms with E-state index in [1.54, 1.807) is 0 Å². The fraction of sp³-hybridized carbons (Fsp3) is 0.294. The van der Waals surface area contributed by atoms with Crippen molar-refractivity contribution in [2.75, 3.05) is 0 Å². The fourth-order valence-corrected chi connectivity index (χ4v) is 5.17. The van der Waals surface area contributed by atoms with E-state index >= 15 is 0 Å². The second kappa shape index (κ2) is 8.70. The lowest BCUT2D eigenvalue weighted by molar-refractivity contribution is -0.633. The van der Waals surface area contributed by atoms with Gasteiger partial charge in [0.1, 0.15) is 29.9 Å². The summed E-state index contributed by atoms with van der Waals surface area (Å²) in [4.78, 5) is 14.7. The molecular formula is C34H35N4O+. The van der Waals surface area contributed by atoms with Gasteiger partial charge < -0.3 is 4.42 Å². The average molecular weight is 516 g/mol.